The predicted octanol–water partition coefficient (Wildman–Crippen LogP) is 4.50. The second-order valence-corrected chi connectivity index (χ2v) is 13.0. The van der Waals surface area contributed by atoms with Gasteiger partial charge in [-0.05, 0) is 60.7 Å². The lowest BCUT2D eigenvalue weighted by Crippen LogP contribution is -2.44. The number of benzene rings is 2. The first kappa shape index (κ1) is 28.4. The number of hydrogen-bond acceptors (Lipinski definition) is 6. The van der Waals surface area contributed by atoms with Crippen molar-refractivity contribution in [2.45, 2.75) is 68.8 Å². The van der Waals surface area contributed by atoms with Gasteiger partial charge in [-0.25, -0.2) is 16.8 Å². The second kappa shape index (κ2) is 11.9. The van der Waals surface area contributed by atoms with E-state index in [2.05, 4.69) is 6.92 Å². The Kier molecular flexibility index (Phi) is 9.43. The minimum absolute atomic E-state index is 0.0826. The van der Waals surface area contributed by atoms with Crippen molar-refractivity contribution in [3.63, 3.8) is 0 Å². The molecule has 0 radical (unpaired) electrons. The molecule has 1 fully saturated rings. The van der Waals surface area contributed by atoms with E-state index in [-0.39, 0.29) is 28.3 Å². The Bertz CT molecular complexity index is 1230. The molecule has 200 valence electrons. The van der Waals surface area contributed by atoms with Gasteiger partial charge in [0.05, 0.1) is 24.0 Å². The quantitative estimate of drug-likeness (QED) is 0.418. The van der Waals surface area contributed by atoms with Crippen LogP contribution >= 0.6 is 0 Å². The lowest BCUT2D eigenvalue weighted by molar-refractivity contribution is 0.185. The summed E-state index contributed by atoms with van der Waals surface area (Å²) < 4.78 is 67.4. The average molecular weight is 539 g/mol. The van der Waals surface area contributed by atoms with Gasteiger partial charge in [-0.2, -0.15) is 8.61 Å². The molecule has 2 aromatic carbocycles. The molecule has 0 amide bonds. The summed E-state index contributed by atoms with van der Waals surface area (Å²) in [6.07, 6.45) is 3.79. The van der Waals surface area contributed by atoms with Gasteiger partial charge in [0, 0.05) is 25.7 Å². The molecule has 2 atom stereocenters. The molecular weight excluding hydrogens is 500 g/mol. The van der Waals surface area contributed by atoms with Crippen LogP contribution < -0.4 is 9.47 Å². The fraction of sp³-hybridized carbons (Fsp3) is 0.538. The predicted molar refractivity (Wildman–Crippen MR) is 140 cm³/mol. The van der Waals surface area contributed by atoms with E-state index in [0.717, 1.165) is 31.2 Å². The summed E-state index contributed by atoms with van der Waals surface area (Å²) in [5, 5.41) is 0. The van der Waals surface area contributed by atoms with Gasteiger partial charge in [-0.3, -0.25) is 0 Å². The van der Waals surface area contributed by atoms with Gasteiger partial charge < -0.3 is 9.47 Å². The molecule has 3 rings (SSSR count). The first-order valence-electron chi connectivity index (χ1n) is 12.4. The van der Waals surface area contributed by atoms with Crippen LogP contribution in [-0.2, 0) is 26.6 Å². The number of ether oxygens (including phenoxy) is 2. The summed E-state index contributed by atoms with van der Waals surface area (Å²) in [7, 11) is -4.48. The molecular formula is C26H38N2O6S2. The Hall–Kier alpha value is -2.14. The summed E-state index contributed by atoms with van der Waals surface area (Å²) in [5.74, 6) is 1.32. The van der Waals surface area contributed by atoms with Gasteiger partial charge in [0.25, 0.3) is 0 Å². The number of sulfonamides is 2. The van der Waals surface area contributed by atoms with Gasteiger partial charge in [0.1, 0.15) is 0 Å². The van der Waals surface area contributed by atoms with E-state index in [1.165, 1.54) is 28.6 Å². The Morgan fingerprint density at radius 3 is 1.89 bits per heavy atom. The van der Waals surface area contributed by atoms with Crippen molar-refractivity contribution >= 4 is 20.0 Å². The van der Waals surface area contributed by atoms with E-state index in [1.807, 2.05) is 6.07 Å². The van der Waals surface area contributed by atoms with Crippen LogP contribution in [0.4, 0.5) is 0 Å². The lowest BCUT2D eigenvalue weighted by Gasteiger charge is -2.38. The largest absolute Gasteiger partial charge is 0.493 e. The molecule has 1 aliphatic carbocycles. The smallest absolute Gasteiger partial charge is 0.243 e. The zero-order valence-corrected chi connectivity index (χ0v) is 23.4. The van der Waals surface area contributed by atoms with Gasteiger partial charge in [0.15, 0.2) is 11.5 Å². The van der Waals surface area contributed by atoms with E-state index in [9.17, 15) is 16.8 Å². The summed E-state index contributed by atoms with van der Waals surface area (Å²) in [6, 6.07) is 10.8. The van der Waals surface area contributed by atoms with Crippen LogP contribution in [0.2, 0.25) is 0 Å². The van der Waals surface area contributed by atoms with Crippen molar-refractivity contribution in [2.75, 3.05) is 27.3 Å². The molecule has 0 heterocycles. The molecule has 2 aromatic rings. The van der Waals surface area contributed by atoms with Crippen LogP contribution in [0.25, 0.3) is 0 Å². The van der Waals surface area contributed by atoms with Gasteiger partial charge in [-0.15, -0.1) is 0 Å². The monoisotopic (exact) mass is 538 g/mol. The summed E-state index contributed by atoms with van der Waals surface area (Å²) in [6.45, 7) is 6.52. The van der Waals surface area contributed by atoms with Gasteiger partial charge in [-0.1, -0.05) is 39.7 Å². The fourth-order valence-electron chi connectivity index (χ4n) is 4.90. The average Bonchev–Trinajstić information content (AvgIpc) is 2.88. The topological polar surface area (TPSA) is 93.2 Å². The molecule has 36 heavy (non-hydrogen) atoms. The molecule has 0 bridgehead atoms. The molecule has 0 aliphatic heterocycles. The van der Waals surface area contributed by atoms with Crippen LogP contribution in [0.5, 0.6) is 11.5 Å². The van der Waals surface area contributed by atoms with Crippen molar-refractivity contribution in [3.05, 3.63) is 48.0 Å². The number of methoxy groups -OCH3 is 2. The highest BCUT2D eigenvalue weighted by Gasteiger charge is 2.36. The number of rotatable bonds is 11. The molecule has 0 aromatic heterocycles. The molecule has 0 N–H and O–H groups in total. The maximum atomic E-state index is 14.0. The number of nitrogens with zero attached hydrogens (tertiary/aromatic N) is 2. The maximum absolute atomic E-state index is 14.0. The second-order valence-electron chi connectivity index (χ2n) is 9.13. The van der Waals surface area contributed by atoms with E-state index in [4.69, 9.17) is 9.47 Å². The highest BCUT2D eigenvalue weighted by atomic mass is 32.2. The van der Waals surface area contributed by atoms with E-state index in [1.54, 1.807) is 44.5 Å². The standard InChI is InChI=1S/C26H38N2O6S2/c1-6-27(7-2)35(29,30)22-13-15-23(16-14-22)36(31,32)28(24-11-9-8-10-20(24)3)19-21-12-17-25(33-4)26(18-21)34-5/h12-18,20,24H,6-11,19H2,1-5H3/t20-,24+/m0/s1. The zero-order chi connectivity index (χ0) is 26.5. The van der Waals surface area contributed by atoms with Crippen molar-refractivity contribution in [2.24, 2.45) is 5.92 Å². The first-order valence-corrected chi connectivity index (χ1v) is 15.3. The van der Waals surface area contributed by atoms with E-state index >= 15 is 0 Å². The molecule has 0 saturated heterocycles. The van der Waals surface area contributed by atoms with Crippen LogP contribution in [0.15, 0.2) is 52.3 Å². The molecule has 10 heteroatoms. The number of hydrogen-bond donors (Lipinski definition) is 0. The maximum Gasteiger partial charge on any atom is 0.243 e. The Morgan fingerprint density at radius 2 is 1.36 bits per heavy atom. The van der Waals surface area contributed by atoms with E-state index < -0.39 is 20.0 Å². The third kappa shape index (κ3) is 5.88. The lowest BCUT2D eigenvalue weighted by atomic mass is 9.86. The van der Waals surface area contributed by atoms with Crippen LogP contribution in [0.1, 0.15) is 52.0 Å². The minimum atomic E-state index is -3.91. The minimum Gasteiger partial charge on any atom is -0.493 e. The Balaban J connectivity index is 2.01. The highest BCUT2D eigenvalue weighted by Crippen LogP contribution is 2.35. The van der Waals surface area contributed by atoms with Crippen molar-refractivity contribution < 1.29 is 26.3 Å². The van der Waals surface area contributed by atoms with Gasteiger partial charge >= 0.3 is 0 Å². The normalized spacial score (nSPS) is 19.0. The van der Waals surface area contributed by atoms with Crippen molar-refractivity contribution in [1.29, 1.82) is 0 Å². The third-order valence-electron chi connectivity index (χ3n) is 7.00. The SMILES string of the molecule is CCN(CC)S(=O)(=O)c1ccc(S(=O)(=O)N(Cc2ccc(OC)c(OC)c2)[C@@H]2CCCC[C@@H]2C)cc1. The third-order valence-corrected chi connectivity index (χ3v) is 10.9. The zero-order valence-electron chi connectivity index (χ0n) is 21.8. The van der Waals surface area contributed by atoms with E-state index in [0.29, 0.717) is 24.6 Å². The van der Waals surface area contributed by atoms with Gasteiger partial charge in [0.2, 0.25) is 20.0 Å². The molecule has 0 spiro atoms. The Morgan fingerprint density at radius 1 is 0.806 bits per heavy atom. The van der Waals surface area contributed by atoms with Crippen LogP contribution in [0.3, 0.4) is 0 Å². The first-order chi connectivity index (χ1) is 17.1. The molecule has 1 aliphatic rings. The Labute approximate surface area is 216 Å². The van der Waals surface area contributed by atoms with Crippen molar-refractivity contribution in [1.82, 2.24) is 8.61 Å². The summed E-state index contributed by atoms with van der Waals surface area (Å²) >= 11 is 0. The van der Waals surface area contributed by atoms with Crippen molar-refractivity contribution in [3.8, 4) is 11.5 Å². The summed E-state index contributed by atoms with van der Waals surface area (Å²) in [4.78, 5) is 0.168. The van der Waals surface area contributed by atoms with Crippen LogP contribution in [-0.4, -0.2) is 58.8 Å². The summed E-state index contributed by atoms with van der Waals surface area (Å²) in [5.41, 5.74) is 0.787. The molecule has 8 nitrogen and oxygen atoms in total. The highest BCUT2D eigenvalue weighted by molar-refractivity contribution is 7.89. The molecule has 0 unspecified atom stereocenters. The molecule has 1 saturated carbocycles. The van der Waals surface area contributed by atoms with Crippen LogP contribution in [0, 0.1) is 5.92 Å². The fourth-order valence-corrected chi connectivity index (χ4v) is 8.09.